The largest absolute Gasteiger partial charge is 0.454 e. The van der Waals surface area contributed by atoms with Crippen LogP contribution in [0.2, 0.25) is 0 Å². The van der Waals surface area contributed by atoms with Crippen molar-refractivity contribution >= 4 is 28.4 Å². The quantitative estimate of drug-likeness (QED) is 0.531. The molecule has 150 valence electrons. The lowest BCUT2D eigenvalue weighted by Crippen LogP contribution is -2.43. The van der Waals surface area contributed by atoms with Crippen LogP contribution in [-0.4, -0.2) is 33.8 Å². The van der Waals surface area contributed by atoms with Crippen LogP contribution in [0.3, 0.4) is 0 Å². The van der Waals surface area contributed by atoms with Gasteiger partial charge in [0.25, 0.3) is 5.56 Å². The molecule has 0 amide bonds. The number of ether oxygens (including phenoxy) is 2. The smallest absolute Gasteiger partial charge is 0.261 e. The third-order valence-electron chi connectivity index (χ3n) is 5.39. The molecule has 2 aromatic heterocycles. The number of nitrogens with two attached hydrogens (primary N) is 1. The van der Waals surface area contributed by atoms with Crippen molar-refractivity contribution in [2.24, 2.45) is 5.73 Å². The summed E-state index contributed by atoms with van der Waals surface area (Å²) in [5, 5.41) is 6.99. The number of H-pyrrole nitrogens is 1. The van der Waals surface area contributed by atoms with Crippen molar-refractivity contribution in [2.75, 3.05) is 17.4 Å². The van der Waals surface area contributed by atoms with E-state index in [0.29, 0.717) is 34.2 Å². The fourth-order valence-electron chi connectivity index (χ4n) is 3.86. The number of hydrogen-bond acceptors (Lipinski definition) is 8. The van der Waals surface area contributed by atoms with Crippen LogP contribution in [0.5, 0.6) is 11.5 Å². The van der Waals surface area contributed by atoms with E-state index in [4.69, 9.17) is 15.2 Å². The fraction of sp³-hybridized carbons (Fsp3) is 0.350. The van der Waals surface area contributed by atoms with Gasteiger partial charge in [-0.3, -0.25) is 4.79 Å². The van der Waals surface area contributed by atoms with Crippen molar-refractivity contribution < 1.29 is 9.47 Å². The Bertz CT molecular complexity index is 1120. The number of nitrogens with zero attached hydrogens (tertiary/aromatic N) is 2. The molecule has 2 aliphatic rings. The number of aromatic nitrogens is 3. The first-order valence-corrected chi connectivity index (χ1v) is 9.75. The van der Waals surface area contributed by atoms with E-state index in [1.165, 1.54) is 0 Å². The third-order valence-corrected chi connectivity index (χ3v) is 5.39. The summed E-state index contributed by atoms with van der Waals surface area (Å²) in [7, 11) is 0. The van der Waals surface area contributed by atoms with Crippen molar-refractivity contribution in [3.63, 3.8) is 0 Å². The Labute approximate surface area is 166 Å². The zero-order valence-electron chi connectivity index (χ0n) is 15.8. The number of hydrogen-bond donors (Lipinski definition) is 4. The lowest BCUT2D eigenvalue weighted by Gasteiger charge is -2.29. The summed E-state index contributed by atoms with van der Waals surface area (Å²) in [5.41, 5.74) is 7.29. The molecular weight excluding hydrogens is 372 g/mol. The number of aromatic amines is 1. The lowest BCUT2D eigenvalue weighted by molar-refractivity contribution is 0.174. The van der Waals surface area contributed by atoms with E-state index in [1.54, 1.807) is 12.3 Å². The van der Waals surface area contributed by atoms with Gasteiger partial charge >= 0.3 is 0 Å². The second-order valence-corrected chi connectivity index (χ2v) is 7.36. The van der Waals surface area contributed by atoms with Gasteiger partial charge in [-0.1, -0.05) is 12.8 Å². The zero-order chi connectivity index (χ0) is 19.8. The van der Waals surface area contributed by atoms with E-state index in [9.17, 15) is 4.79 Å². The van der Waals surface area contributed by atoms with Crippen molar-refractivity contribution in [3.05, 3.63) is 40.8 Å². The monoisotopic (exact) mass is 394 g/mol. The highest BCUT2D eigenvalue weighted by Gasteiger charge is 2.23. The van der Waals surface area contributed by atoms with E-state index >= 15 is 0 Å². The van der Waals surface area contributed by atoms with Gasteiger partial charge in [-0.15, -0.1) is 0 Å². The molecule has 1 aromatic carbocycles. The maximum Gasteiger partial charge on any atom is 0.261 e. The molecule has 5 N–H and O–H groups in total. The molecule has 0 spiro atoms. The number of nitrogens with one attached hydrogen (secondary N) is 3. The molecule has 29 heavy (non-hydrogen) atoms. The van der Waals surface area contributed by atoms with Crippen LogP contribution < -0.4 is 31.4 Å². The van der Waals surface area contributed by atoms with Gasteiger partial charge < -0.3 is 30.8 Å². The molecule has 1 fully saturated rings. The Kier molecular flexibility index (Phi) is 4.44. The highest BCUT2D eigenvalue weighted by Crippen LogP contribution is 2.35. The number of fused-ring (bicyclic) bond motifs is 2. The van der Waals surface area contributed by atoms with Crippen LogP contribution >= 0.6 is 0 Å². The predicted molar refractivity (Wildman–Crippen MR) is 110 cm³/mol. The molecule has 0 saturated heterocycles. The molecule has 1 aliphatic heterocycles. The van der Waals surface area contributed by atoms with E-state index in [0.717, 1.165) is 31.4 Å². The molecule has 5 rings (SSSR count). The highest BCUT2D eigenvalue weighted by atomic mass is 16.7. The lowest BCUT2D eigenvalue weighted by atomic mass is 9.91. The number of anilines is 3. The molecule has 1 saturated carbocycles. The molecule has 0 bridgehead atoms. The van der Waals surface area contributed by atoms with Crippen molar-refractivity contribution in [1.82, 2.24) is 15.0 Å². The minimum absolute atomic E-state index is 0.0625. The number of pyridine rings is 1. The van der Waals surface area contributed by atoms with E-state index in [2.05, 4.69) is 25.6 Å². The van der Waals surface area contributed by atoms with Gasteiger partial charge in [-0.05, 0) is 31.0 Å². The molecule has 1 aliphatic carbocycles. The molecular formula is C20H22N6O3. The fourth-order valence-corrected chi connectivity index (χ4v) is 3.86. The van der Waals surface area contributed by atoms with Crippen molar-refractivity contribution in [3.8, 4) is 11.5 Å². The number of benzene rings is 1. The zero-order valence-corrected chi connectivity index (χ0v) is 15.8. The van der Waals surface area contributed by atoms with Crippen LogP contribution in [0.25, 0.3) is 10.9 Å². The summed E-state index contributed by atoms with van der Waals surface area (Å²) < 4.78 is 10.8. The maximum atomic E-state index is 12.5. The average Bonchev–Trinajstić information content (AvgIpc) is 3.17. The topological polar surface area (TPSA) is 127 Å². The average molecular weight is 394 g/mol. The van der Waals surface area contributed by atoms with Gasteiger partial charge in [-0.25, -0.2) is 4.98 Å². The molecule has 9 heteroatoms. The molecule has 3 aromatic rings. The van der Waals surface area contributed by atoms with Gasteiger partial charge in [0, 0.05) is 30.0 Å². The maximum absolute atomic E-state index is 12.5. The minimum Gasteiger partial charge on any atom is -0.454 e. The first-order valence-electron chi connectivity index (χ1n) is 9.75. The summed E-state index contributed by atoms with van der Waals surface area (Å²) in [6.45, 7) is 0.199. The first-order chi connectivity index (χ1) is 14.2. The summed E-state index contributed by atoms with van der Waals surface area (Å²) >= 11 is 0. The summed E-state index contributed by atoms with van der Waals surface area (Å²) in [6.07, 6.45) is 5.80. The Morgan fingerprint density at radius 1 is 1.10 bits per heavy atom. The third kappa shape index (κ3) is 3.44. The van der Waals surface area contributed by atoms with Gasteiger partial charge in [0.05, 0.1) is 5.52 Å². The molecule has 9 nitrogen and oxygen atoms in total. The molecule has 2 atom stereocenters. The van der Waals surface area contributed by atoms with E-state index in [-0.39, 0.29) is 24.4 Å². The molecule has 3 heterocycles. The molecule has 0 unspecified atom stereocenters. The Balaban J connectivity index is 1.53. The van der Waals surface area contributed by atoms with Crippen LogP contribution in [0.1, 0.15) is 25.7 Å². The molecule has 0 radical (unpaired) electrons. The SMILES string of the molecule is N[C@@H]1CCCC[C@H]1Nc1nc(Nc2ccc3c(c2)OCO3)c2c(=O)[nH]ccc2n1. The predicted octanol–water partition coefficient (Wildman–Crippen LogP) is 2.47. The van der Waals surface area contributed by atoms with Gasteiger partial charge in [0.2, 0.25) is 12.7 Å². The van der Waals surface area contributed by atoms with Crippen LogP contribution in [-0.2, 0) is 0 Å². The second-order valence-electron chi connectivity index (χ2n) is 7.36. The Hall–Kier alpha value is -3.33. The van der Waals surface area contributed by atoms with Crippen molar-refractivity contribution in [2.45, 2.75) is 37.8 Å². The number of rotatable bonds is 4. The van der Waals surface area contributed by atoms with E-state index in [1.807, 2.05) is 18.2 Å². The van der Waals surface area contributed by atoms with Gasteiger partial charge in [0.1, 0.15) is 11.2 Å². The summed E-state index contributed by atoms with van der Waals surface area (Å²) in [6, 6.07) is 7.42. The van der Waals surface area contributed by atoms with Crippen LogP contribution in [0.4, 0.5) is 17.5 Å². The van der Waals surface area contributed by atoms with Crippen LogP contribution in [0.15, 0.2) is 35.3 Å². The van der Waals surface area contributed by atoms with Crippen LogP contribution in [0, 0.1) is 0 Å². The van der Waals surface area contributed by atoms with Gasteiger partial charge in [0.15, 0.2) is 11.5 Å². The first kappa shape index (κ1) is 17.7. The summed E-state index contributed by atoms with van der Waals surface area (Å²) in [4.78, 5) is 24.3. The van der Waals surface area contributed by atoms with Crippen molar-refractivity contribution in [1.29, 1.82) is 0 Å². The summed E-state index contributed by atoms with van der Waals surface area (Å²) in [5.74, 6) is 2.21. The standard InChI is InChI=1S/C20H22N6O3/c21-12-3-1-2-4-13(12)24-20-25-14-7-8-22-19(27)17(14)18(26-20)23-11-5-6-15-16(9-11)29-10-28-15/h5-9,12-13H,1-4,10,21H2,(H,22,27)(H2,23,24,25,26)/t12-,13-/m1/s1. The second kappa shape index (κ2) is 7.25. The van der Waals surface area contributed by atoms with Gasteiger partial charge in [-0.2, -0.15) is 4.98 Å². The Morgan fingerprint density at radius 2 is 1.97 bits per heavy atom. The normalized spacial score (nSPS) is 20.6. The van der Waals surface area contributed by atoms with E-state index < -0.39 is 0 Å². The highest BCUT2D eigenvalue weighted by molar-refractivity contribution is 5.91. The minimum atomic E-state index is -0.258. The Morgan fingerprint density at radius 3 is 2.86 bits per heavy atom.